The molecule has 0 saturated heterocycles. The molecule has 0 spiro atoms. The number of aryl methyl sites for hydroxylation is 1. The number of carbonyl (C=O) groups excluding carboxylic acids is 1. The van der Waals surface area contributed by atoms with E-state index in [-0.39, 0.29) is 18.1 Å². The first-order valence-corrected chi connectivity index (χ1v) is 11.5. The first-order valence-electron chi connectivity index (χ1n) is 11.5. The third kappa shape index (κ3) is 5.62. The van der Waals surface area contributed by atoms with Crippen molar-refractivity contribution < 1.29 is 13.6 Å². The van der Waals surface area contributed by atoms with Gasteiger partial charge in [-0.3, -0.25) is 19.7 Å². The Hall–Kier alpha value is -5.19. The molecule has 5 rings (SSSR count). The van der Waals surface area contributed by atoms with Crippen LogP contribution in [0.5, 0.6) is 0 Å². The minimum Gasteiger partial charge on any atom is -0.346 e. The molecule has 0 aliphatic rings. The Labute approximate surface area is 216 Å². The smallest absolute Gasteiger partial charge is 0.273 e. The van der Waals surface area contributed by atoms with Gasteiger partial charge in [0, 0.05) is 48.2 Å². The molecular weight excluding hydrogens is 490 g/mol. The lowest BCUT2D eigenvalue weighted by Crippen LogP contribution is -2.25. The Bertz CT molecular complexity index is 1600. The molecule has 0 aromatic carbocycles. The van der Waals surface area contributed by atoms with Gasteiger partial charge in [0.05, 0.1) is 23.8 Å². The highest BCUT2D eigenvalue weighted by molar-refractivity contribution is 5.92. The van der Waals surface area contributed by atoms with Crippen molar-refractivity contribution in [3.63, 3.8) is 0 Å². The summed E-state index contributed by atoms with van der Waals surface area (Å²) in [6.07, 6.45) is 8.87. The average Bonchev–Trinajstić information content (AvgIpc) is 2.94. The molecule has 0 atom stereocenters. The fraction of sp³-hybridized carbons (Fsp3) is 0.0741. The monoisotopic (exact) mass is 510 g/mol. The van der Waals surface area contributed by atoms with Crippen molar-refractivity contribution in [3.05, 3.63) is 108 Å². The molecule has 38 heavy (non-hydrogen) atoms. The highest BCUT2D eigenvalue weighted by Crippen LogP contribution is 2.22. The predicted octanol–water partition coefficient (Wildman–Crippen LogP) is 4.65. The number of anilines is 2. The molecule has 5 aromatic heterocycles. The number of aromatic nitrogens is 6. The van der Waals surface area contributed by atoms with Crippen LogP contribution in [0.25, 0.3) is 22.6 Å². The van der Waals surface area contributed by atoms with Gasteiger partial charge in [0.25, 0.3) is 5.91 Å². The second-order valence-electron chi connectivity index (χ2n) is 8.21. The topological polar surface area (TPSA) is 118 Å². The number of rotatable bonds is 7. The number of pyridine rings is 4. The van der Waals surface area contributed by atoms with Gasteiger partial charge in [0.15, 0.2) is 17.3 Å². The lowest BCUT2D eigenvalue weighted by molar-refractivity contribution is 0.0941. The van der Waals surface area contributed by atoms with E-state index in [9.17, 15) is 13.6 Å². The summed E-state index contributed by atoms with van der Waals surface area (Å²) < 4.78 is 28.4. The Morgan fingerprint density at radius 1 is 0.921 bits per heavy atom. The van der Waals surface area contributed by atoms with Gasteiger partial charge in [-0.15, -0.1) is 0 Å². The highest BCUT2D eigenvalue weighted by Gasteiger charge is 2.16. The van der Waals surface area contributed by atoms with Gasteiger partial charge < -0.3 is 10.6 Å². The Kier molecular flexibility index (Phi) is 6.98. The van der Waals surface area contributed by atoms with E-state index < -0.39 is 17.5 Å². The van der Waals surface area contributed by atoms with E-state index in [1.165, 1.54) is 18.5 Å². The van der Waals surface area contributed by atoms with Gasteiger partial charge in [0.2, 0.25) is 0 Å². The van der Waals surface area contributed by atoms with Crippen LogP contribution in [0.1, 0.15) is 21.7 Å². The first kappa shape index (κ1) is 24.5. The maximum Gasteiger partial charge on any atom is 0.273 e. The molecule has 1 amide bonds. The zero-order valence-corrected chi connectivity index (χ0v) is 20.1. The fourth-order valence-electron chi connectivity index (χ4n) is 3.60. The van der Waals surface area contributed by atoms with E-state index >= 15 is 0 Å². The molecule has 0 radical (unpaired) electrons. The van der Waals surface area contributed by atoms with E-state index in [4.69, 9.17) is 0 Å². The van der Waals surface area contributed by atoms with Crippen molar-refractivity contribution in [2.75, 3.05) is 5.32 Å². The van der Waals surface area contributed by atoms with Crippen LogP contribution in [0.3, 0.4) is 0 Å². The van der Waals surface area contributed by atoms with Crippen LogP contribution in [-0.4, -0.2) is 35.8 Å². The molecule has 0 unspecified atom stereocenters. The first-order chi connectivity index (χ1) is 18.5. The van der Waals surface area contributed by atoms with Crippen molar-refractivity contribution in [2.45, 2.75) is 13.5 Å². The molecule has 5 aromatic rings. The minimum absolute atomic E-state index is 0.0978. The van der Waals surface area contributed by atoms with Crippen molar-refractivity contribution in [2.24, 2.45) is 0 Å². The molecule has 0 saturated carbocycles. The third-order valence-corrected chi connectivity index (χ3v) is 5.51. The van der Waals surface area contributed by atoms with Gasteiger partial charge in [-0.25, -0.2) is 23.7 Å². The van der Waals surface area contributed by atoms with Crippen molar-refractivity contribution >= 4 is 17.4 Å². The summed E-state index contributed by atoms with van der Waals surface area (Å²) in [5.74, 6) is -1.21. The largest absolute Gasteiger partial charge is 0.346 e. The fourth-order valence-corrected chi connectivity index (χ4v) is 3.60. The van der Waals surface area contributed by atoms with Crippen LogP contribution in [0.15, 0.2) is 79.6 Å². The lowest BCUT2D eigenvalue weighted by Gasteiger charge is -2.09. The van der Waals surface area contributed by atoms with Crippen LogP contribution >= 0.6 is 0 Å². The number of halogens is 2. The number of hydrogen-bond acceptors (Lipinski definition) is 8. The molecule has 0 aliphatic heterocycles. The standard InChI is InChI=1S/C27H20F2N8O/c1-16-21(10-19(28)14-32-16)23-5-4-17(11-33-23)12-35-27(38)25-22(29)9-18(13-34-25)26-31-8-6-24(37-26)36-20-3-2-7-30-15-20/h2-11,13-15H,12H2,1H3,(H,35,38)(H,31,36,37). The number of carbonyl (C=O) groups is 1. The van der Waals surface area contributed by atoms with Crippen LogP contribution < -0.4 is 10.6 Å². The van der Waals surface area contributed by atoms with E-state index in [0.717, 1.165) is 18.0 Å². The molecule has 2 N–H and O–H groups in total. The summed E-state index contributed by atoms with van der Waals surface area (Å²) in [6, 6.07) is 11.3. The predicted molar refractivity (Wildman–Crippen MR) is 136 cm³/mol. The van der Waals surface area contributed by atoms with Gasteiger partial charge >= 0.3 is 0 Å². The summed E-state index contributed by atoms with van der Waals surface area (Å²) in [5.41, 5.74) is 3.14. The average molecular weight is 511 g/mol. The van der Waals surface area contributed by atoms with E-state index in [0.29, 0.717) is 33.9 Å². The van der Waals surface area contributed by atoms with E-state index in [1.807, 2.05) is 6.07 Å². The van der Waals surface area contributed by atoms with E-state index in [2.05, 4.69) is 40.5 Å². The normalized spacial score (nSPS) is 10.7. The minimum atomic E-state index is -0.809. The van der Waals surface area contributed by atoms with Crippen LogP contribution in [-0.2, 0) is 6.54 Å². The summed E-state index contributed by atoms with van der Waals surface area (Å²) in [7, 11) is 0. The molecule has 5 heterocycles. The molecule has 0 fully saturated rings. The third-order valence-electron chi connectivity index (χ3n) is 5.51. The summed E-state index contributed by atoms with van der Waals surface area (Å²) in [5, 5.41) is 5.72. The summed E-state index contributed by atoms with van der Waals surface area (Å²) >= 11 is 0. The Morgan fingerprint density at radius 3 is 2.58 bits per heavy atom. The summed E-state index contributed by atoms with van der Waals surface area (Å²) in [6.45, 7) is 1.86. The zero-order chi connectivity index (χ0) is 26.5. The Morgan fingerprint density at radius 2 is 1.82 bits per heavy atom. The van der Waals surface area contributed by atoms with Crippen LogP contribution in [0.4, 0.5) is 20.3 Å². The number of amides is 1. The Balaban J connectivity index is 1.24. The second-order valence-corrected chi connectivity index (χ2v) is 8.21. The molecule has 188 valence electrons. The molecule has 9 nitrogen and oxygen atoms in total. The number of hydrogen-bond donors (Lipinski definition) is 2. The van der Waals surface area contributed by atoms with Gasteiger partial charge in [-0.1, -0.05) is 6.07 Å². The van der Waals surface area contributed by atoms with Crippen molar-refractivity contribution in [1.82, 2.24) is 35.2 Å². The zero-order valence-electron chi connectivity index (χ0n) is 20.1. The number of nitrogens with zero attached hydrogens (tertiary/aromatic N) is 6. The molecular formula is C27H20F2N8O. The lowest BCUT2D eigenvalue weighted by atomic mass is 10.1. The van der Waals surface area contributed by atoms with Gasteiger partial charge in [0.1, 0.15) is 11.6 Å². The van der Waals surface area contributed by atoms with Crippen LogP contribution in [0.2, 0.25) is 0 Å². The van der Waals surface area contributed by atoms with Crippen LogP contribution in [0, 0.1) is 18.6 Å². The second kappa shape index (κ2) is 10.8. The SMILES string of the molecule is Cc1ncc(F)cc1-c1ccc(CNC(=O)c2ncc(-c3nccc(Nc4cccnc4)n3)cc2F)cn1. The maximum atomic E-state index is 14.8. The quantitative estimate of drug-likeness (QED) is 0.325. The molecule has 11 heteroatoms. The summed E-state index contributed by atoms with van der Waals surface area (Å²) in [4.78, 5) is 37.5. The molecule has 0 bridgehead atoms. The van der Waals surface area contributed by atoms with Crippen molar-refractivity contribution in [1.29, 1.82) is 0 Å². The van der Waals surface area contributed by atoms with Crippen molar-refractivity contribution in [3.8, 4) is 22.6 Å². The van der Waals surface area contributed by atoms with Gasteiger partial charge in [-0.2, -0.15) is 0 Å². The maximum absolute atomic E-state index is 14.8. The highest BCUT2D eigenvalue weighted by atomic mass is 19.1. The number of nitrogens with one attached hydrogen (secondary N) is 2. The van der Waals surface area contributed by atoms with E-state index in [1.54, 1.807) is 49.8 Å². The molecule has 0 aliphatic carbocycles. The van der Waals surface area contributed by atoms with Gasteiger partial charge in [-0.05, 0) is 48.9 Å².